The summed E-state index contributed by atoms with van der Waals surface area (Å²) in [7, 11) is 4.02. The molecule has 0 bridgehead atoms. The molecule has 3 atom stereocenters. The van der Waals surface area contributed by atoms with E-state index in [4.69, 9.17) is 4.74 Å². The maximum Gasteiger partial charge on any atom is 0.140 e. The summed E-state index contributed by atoms with van der Waals surface area (Å²) >= 11 is 0. The van der Waals surface area contributed by atoms with Crippen molar-refractivity contribution in [3.63, 3.8) is 0 Å². The van der Waals surface area contributed by atoms with E-state index in [1.807, 2.05) is 14.1 Å². The first-order chi connectivity index (χ1) is 8.94. The molecule has 20 heavy (non-hydrogen) atoms. The molecule has 120 valence electrons. The Morgan fingerprint density at radius 2 is 1.70 bits per heavy atom. The summed E-state index contributed by atoms with van der Waals surface area (Å²) < 4.78 is 20.4. The molecule has 0 radical (unpaired) electrons. The van der Waals surface area contributed by atoms with Crippen molar-refractivity contribution in [3.05, 3.63) is 0 Å². The molecule has 0 N–H and O–H groups in total. The highest BCUT2D eigenvalue weighted by molar-refractivity contribution is 5.04. The van der Waals surface area contributed by atoms with Gasteiger partial charge in [0.2, 0.25) is 0 Å². The van der Waals surface area contributed by atoms with Gasteiger partial charge in [0, 0.05) is 24.7 Å². The number of halogens is 1. The fourth-order valence-corrected chi connectivity index (χ4v) is 3.00. The lowest BCUT2D eigenvalue weighted by Gasteiger charge is -2.44. The first kappa shape index (κ1) is 17.9. The monoisotopic (exact) mass is 288 g/mol. The summed E-state index contributed by atoms with van der Waals surface area (Å²) in [6.07, 6.45) is -1.23. The number of ether oxygens (including phenoxy) is 1. The molecule has 0 amide bonds. The summed E-state index contributed by atoms with van der Waals surface area (Å²) in [6, 6.07) is 0.111. The third-order valence-corrected chi connectivity index (χ3v) is 3.97. The molecule has 4 heteroatoms. The van der Waals surface area contributed by atoms with Gasteiger partial charge in [0.15, 0.2) is 0 Å². The molecule has 1 aliphatic rings. The fourth-order valence-electron chi connectivity index (χ4n) is 3.00. The minimum Gasteiger partial charge on any atom is -0.372 e. The quantitative estimate of drug-likeness (QED) is 0.791. The predicted molar refractivity (Wildman–Crippen MR) is 82.9 cm³/mol. The van der Waals surface area contributed by atoms with Crippen molar-refractivity contribution in [2.45, 2.75) is 65.4 Å². The Kier molecular flexibility index (Phi) is 5.61. The average molecular weight is 288 g/mol. The summed E-state index contributed by atoms with van der Waals surface area (Å²) in [5, 5.41) is 0. The van der Waals surface area contributed by atoms with Gasteiger partial charge in [0.05, 0.1) is 6.61 Å². The molecule has 1 heterocycles. The molecular weight excluding hydrogens is 255 g/mol. The van der Waals surface area contributed by atoms with Gasteiger partial charge in [-0.3, -0.25) is 4.90 Å². The number of nitrogens with zero attached hydrogens (tertiary/aromatic N) is 2. The van der Waals surface area contributed by atoms with Crippen LogP contribution in [-0.4, -0.2) is 67.4 Å². The Labute approximate surface area is 124 Å². The van der Waals surface area contributed by atoms with E-state index in [1.54, 1.807) is 0 Å². The highest BCUT2D eigenvalue weighted by Gasteiger charge is 2.51. The molecule has 0 saturated carbocycles. The Morgan fingerprint density at radius 3 is 2.10 bits per heavy atom. The number of hydrogen-bond acceptors (Lipinski definition) is 3. The first-order valence-electron chi connectivity index (χ1n) is 7.61. The van der Waals surface area contributed by atoms with Crippen LogP contribution in [0.2, 0.25) is 0 Å². The lowest BCUT2D eigenvalue weighted by Crippen LogP contribution is -2.53. The zero-order valence-corrected chi connectivity index (χ0v) is 14.5. The second kappa shape index (κ2) is 6.29. The van der Waals surface area contributed by atoms with E-state index in [0.717, 1.165) is 6.54 Å². The zero-order chi connectivity index (χ0) is 15.7. The van der Waals surface area contributed by atoms with Crippen LogP contribution in [0.4, 0.5) is 4.39 Å². The molecule has 0 aromatic rings. The minimum atomic E-state index is -0.902. The van der Waals surface area contributed by atoms with E-state index in [-0.39, 0.29) is 23.1 Å². The Bertz CT molecular complexity index is 307. The highest BCUT2D eigenvalue weighted by Crippen LogP contribution is 2.39. The Morgan fingerprint density at radius 1 is 1.15 bits per heavy atom. The van der Waals surface area contributed by atoms with E-state index in [1.165, 1.54) is 0 Å². The number of hydrogen-bond donors (Lipinski definition) is 0. The number of likely N-dealkylation sites (N-methyl/N-ethyl adjacent to an activating group) is 1. The number of alkyl halides is 1. The van der Waals surface area contributed by atoms with Crippen LogP contribution >= 0.6 is 0 Å². The van der Waals surface area contributed by atoms with Crippen LogP contribution < -0.4 is 0 Å². The van der Waals surface area contributed by atoms with Crippen molar-refractivity contribution in [1.82, 2.24) is 9.80 Å². The summed E-state index contributed by atoms with van der Waals surface area (Å²) in [5.41, 5.74) is -0.0428. The molecule has 0 aromatic heterocycles. The average Bonchev–Trinajstić information content (AvgIpc) is 2.54. The molecule has 0 unspecified atom stereocenters. The van der Waals surface area contributed by atoms with Crippen LogP contribution in [0.3, 0.4) is 0 Å². The topological polar surface area (TPSA) is 15.7 Å². The normalized spacial score (nSPS) is 29.4. The van der Waals surface area contributed by atoms with Crippen molar-refractivity contribution in [3.8, 4) is 0 Å². The van der Waals surface area contributed by atoms with Crippen LogP contribution in [-0.2, 0) is 4.74 Å². The van der Waals surface area contributed by atoms with Gasteiger partial charge in [0.25, 0.3) is 0 Å². The molecular formula is C16H33FN2O. The maximum absolute atomic E-state index is 14.5. The molecule has 3 nitrogen and oxygen atoms in total. The first-order valence-corrected chi connectivity index (χ1v) is 7.61. The van der Waals surface area contributed by atoms with Gasteiger partial charge in [0.1, 0.15) is 12.3 Å². The minimum absolute atomic E-state index is 0.00307. The van der Waals surface area contributed by atoms with Gasteiger partial charge in [-0.25, -0.2) is 4.39 Å². The fraction of sp³-hybridized carbons (Fsp3) is 1.00. The molecule has 0 spiro atoms. The second-order valence-corrected chi connectivity index (χ2v) is 8.29. The lowest BCUT2D eigenvalue weighted by atomic mass is 9.82. The molecule has 1 fully saturated rings. The Hall–Kier alpha value is -0.190. The zero-order valence-electron chi connectivity index (χ0n) is 14.5. The predicted octanol–water partition coefficient (Wildman–Crippen LogP) is 2.80. The summed E-state index contributed by atoms with van der Waals surface area (Å²) in [4.78, 5) is 4.34. The second-order valence-electron chi connectivity index (χ2n) is 8.29. The Balaban J connectivity index is 2.85. The highest BCUT2D eigenvalue weighted by atomic mass is 19.1. The van der Waals surface area contributed by atoms with Crippen LogP contribution in [0.25, 0.3) is 0 Å². The lowest BCUT2D eigenvalue weighted by molar-refractivity contribution is -0.0493. The maximum atomic E-state index is 14.5. The SMILES string of the molecule is CN(C)CCO[C@H]1[C@@H](C(C)(C)C)N(C(C)(C)C)C[C@@H]1F. The smallest absolute Gasteiger partial charge is 0.140 e. The summed E-state index contributed by atoms with van der Waals surface area (Å²) in [5.74, 6) is 0. The van der Waals surface area contributed by atoms with Gasteiger partial charge in [-0.2, -0.15) is 0 Å². The van der Waals surface area contributed by atoms with Crippen LogP contribution in [0.1, 0.15) is 41.5 Å². The summed E-state index contributed by atoms with van der Waals surface area (Å²) in [6.45, 7) is 14.9. The van der Waals surface area contributed by atoms with Gasteiger partial charge in [-0.1, -0.05) is 20.8 Å². The van der Waals surface area contributed by atoms with Crippen molar-refractivity contribution in [1.29, 1.82) is 0 Å². The van der Waals surface area contributed by atoms with E-state index in [9.17, 15) is 4.39 Å². The number of likely N-dealkylation sites (tertiary alicyclic amines) is 1. The van der Waals surface area contributed by atoms with Crippen LogP contribution in [0, 0.1) is 5.41 Å². The third kappa shape index (κ3) is 4.40. The van der Waals surface area contributed by atoms with Crippen molar-refractivity contribution in [2.75, 3.05) is 33.8 Å². The van der Waals surface area contributed by atoms with Gasteiger partial charge < -0.3 is 9.64 Å². The third-order valence-electron chi connectivity index (χ3n) is 3.97. The number of rotatable bonds is 4. The van der Waals surface area contributed by atoms with Crippen LogP contribution in [0.15, 0.2) is 0 Å². The largest absolute Gasteiger partial charge is 0.372 e. The van der Waals surface area contributed by atoms with Gasteiger partial charge in [-0.15, -0.1) is 0 Å². The van der Waals surface area contributed by atoms with Crippen molar-refractivity contribution >= 4 is 0 Å². The van der Waals surface area contributed by atoms with Gasteiger partial charge >= 0.3 is 0 Å². The van der Waals surface area contributed by atoms with E-state index >= 15 is 0 Å². The van der Waals surface area contributed by atoms with Crippen molar-refractivity contribution in [2.24, 2.45) is 5.41 Å². The van der Waals surface area contributed by atoms with Gasteiger partial charge in [-0.05, 0) is 40.3 Å². The van der Waals surface area contributed by atoms with Crippen LogP contribution in [0.5, 0.6) is 0 Å². The van der Waals surface area contributed by atoms with E-state index in [0.29, 0.717) is 13.2 Å². The molecule has 0 aromatic carbocycles. The molecule has 0 aliphatic carbocycles. The molecule has 1 rings (SSSR count). The van der Waals surface area contributed by atoms with Crippen molar-refractivity contribution < 1.29 is 9.13 Å². The van der Waals surface area contributed by atoms with E-state index in [2.05, 4.69) is 51.3 Å². The molecule has 1 aliphatic heterocycles. The molecule has 1 saturated heterocycles. The standard InChI is InChI=1S/C16H33FN2O/c1-15(2,3)14-13(20-10-9-18(7)8)12(17)11-19(14)16(4,5)6/h12-14H,9-11H2,1-8H3/t12-,13+,14-/m0/s1. The van der Waals surface area contributed by atoms with E-state index < -0.39 is 6.17 Å².